The van der Waals surface area contributed by atoms with Gasteiger partial charge in [-0.2, -0.15) is 17.6 Å². The Morgan fingerprint density at radius 2 is 1.90 bits per heavy atom. The fraction of sp³-hybridized carbons (Fsp3) is 0.417. The van der Waals surface area contributed by atoms with Gasteiger partial charge in [0.2, 0.25) is 0 Å². The van der Waals surface area contributed by atoms with Crippen molar-refractivity contribution in [2.24, 2.45) is 5.73 Å². The summed E-state index contributed by atoms with van der Waals surface area (Å²) in [5.41, 5.74) is 4.89. The first-order valence-corrected chi connectivity index (χ1v) is 5.65. The Balaban J connectivity index is 0.00000400. The number of hydrogen-bond donors (Lipinski definition) is 1. The molecule has 0 aliphatic heterocycles. The highest BCUT2D eigenvalue weighted by atomic mass is 35.5. The van der Waals surface area contributed by atoms with Crippen LogP contribution in [0.5, 0.6) is 5.75 Å². The number of benzene rings is 1. The number of carbonyl (C=O) groups is 1. The SMILES string of the molecule is CCOC(=O)C(F)(F)[C@@H](N)c1ccccc1OC(F)F.Cl. The molecule has 1 atom stereocenters. The smallest absolute Gasteiger partial charge is 0.387 e. The predicted molar refractivity (Wildman–Crippen MR) is 68.8 cm³/mol. The van der Waals surface area contributed by atoms with E-state index in [1.54, 1.807) is 0 Å². The second-order valence-corrected chi connectivity index (χ2v) is 3.74. The fourth-order valence-corrected chi connectivity index (χ4v) is 1.49. The number of carbonyl (C=O) groups excluding carboxylic acids is 1. The van der Waals surface area contributed by atoms with Gasteiger partial charge in [0.15, 0.2) is 0 Å². The van der Waals surface area contributed by atoms with Gasteiger partial charge in [-0.25, -0.2) is 4.79 Å². The first-order chi connectivity index (χ1) is 9.30. The lowest BCUT2D eigenvalue weighted by molar-refractivity contribution is -0.174. The minimum atomic E-state index is -4.06. The van der Waals surface area contributed by atoms with E-state index in [-0.39, 0.29) is 19.0 Å². The summed E-state index contributed by atoms with van der Waals surface area (Å²) in [6.45, 7) is -2.09. The zero-order valence-electron chi connectivity index (χ0n) is 10.9. The van der Waals surface area contributed by atoms with E-state index >= 15 is 0 Å². The molecule has 0 saturated carbocycles. The van der Waals surface area contributed by atoms with Crippen LogP contribution in [0.2, 0.25) is 0 Å². The Hall–Kier alpha value is -1.54. The summed E-state index contributed by atoms with van der Waals surface area (Å²) < 4.78 is 60.2. The van der Waals surface area contributed by atoms with Gasteiger partial charge in [0.1, 0.15) is 11.8 Å². The lowest BCUT2D eigenvalue weighted by Crippen LogP contribution is -2.42. The van der Waals surface area contributed by atoms with Gasteiger partial charge in [-0.3, -0.25) is 0 Å². The Kier molecular flexibility index (Phi) is 7.45. The molecule has 0 aliphatic carbocycles. The van der Waals surface area contributed by atoms with Crippen molar-refractivity contribution in [3.8, 4) is 5.75 Å². The van der Waals surface area contributed by atoms with Crippen LogP contribution in [0.3, 0.4) is 0 Å². The highest BCUT2D eigenvalue weighted by Gasteiger charge is 2.48. The van der Waals surface area contributed by atoms with Gasteiger partial charge >= 0.3 is 18.5 Å². The van der Waals surface area contributed by atoms with E-state index in [0.717, 1.165) is 12.1 Å². The lowest BCUT2D eigenvalue weighted by atomic mass is 10.0. The zero-order valence-corrected chi connectivity index (χ0v) is 11.7. The quantitative estimate of drug-likeness (QED) is 0.643. The molecule has 0 aromatic heterocycles. The van der Waals surface area contributed by atoms with Crippen molar-refractivity contribution in [3.05, 3.63) is 29.8 Å². The zero-order chi connectivity index (χ0) is 15.3. The van der Waals surface area contributed by atoms with E-state index < -0.39 is 35.9 Å². The topological polar surface area (TPSA) is 61.5 Å². The Bertz CT molecular complexity index is 474. The Morgan fingerprint density at radius 3 is 2.43 bits per heavy atom. The van der Waals surface area contributed by atoms with Crippen molar-refractivity contribution in [1.29, 1.82) is 0 Å². The molecule has 0 fully saturated rings. The molecule has 1 aromatic carbocycles. The third kappa shape index (κ3) is 4.75. The van der Waals surface area contributed by atoms with Gasteiger partial charge in [0.05, 0.1) is 6.61 Å². The Labute approximate surface area is 124 Å². The summed E-state index contributed by atoms with van der Waals surface area (Å²) in [7, 11) is 0. The average Bonchev–Trinajstić information content (AvgIpc) is 2.38. The fourth-order valence-electron chi connectivity index (χ4n) is 1.49. The summed E-state index contributed by atoms with van der Waals surface area (Å²) in [6.07, 6.45) is 0. The van der Waals surface area contributed by atoms with Crippen molar-refractivity contribution < 1.29 is 31.8 Å². The number of ether oxygens (including phenoxy) is 2. The summed E-state index contributed by atoms with van der Waals surface area (Å²) in [5, 5.41) is 0. The van der Waals surface area contributed by atoms with Gasteiger partial charge in [0.25, 0.3) is 0 Å². The Morgan fingerprint density at radius 1 is 1.33 bits per heavy atom. The second-order valence-electron chi connectivity index (χ2n) is 3.74. The van der Waals surface area contributed by atoms with E-state index in [1.165, 1.54) is 19.1 Å². The first-order valence-electron chi connectivity index (χ1n) is 5.65. The minimum absolute atomic E-state index is 0. The van der Waals surface area contributed by atoms with E-state index in [0.29, 0.717) is 0 Å². The van der Waals surface area contributed by atoms with Gasteiger partial charge in [-0.15, -0.1) is 12.4 Å². The maximum absolute atomic E-state index is 13.8. The molecule has 0 amide bonds. The van der Waals surface area contributed by atoms with Gasteiger partial charge < -0.3 is 15.2 Å². The molecule has 4 nitrogen and oxygen atoms in total. The van der Waals surface area contributed by atoms with Crippen molar-refractivity contribution >= 4 is 18.4 Å². The molecule has 0 radical (unpaired) electrons. The molecule has 0 unspecified atom stereocenters. The minimum Gasteiger partial charge on any atom is -0.462 e. The highest BCUT2D eigenvalue weighted by molar-refractivity contribution is 5.85. The molecule has 9 heteroatoms. The van der Waals surface area contributed by atoms with E-state index in [4.69, 9.17) is 5.73 Å². The average molecular weight is 332 g/mol. The number of alkyl halides is 4. The third-order valence-electron chi connectivity index (χ3n) is 2.41. The van der Waals surface area contributed by atoms with Crippen LogP contribution in [0.25, 0.3) is 0 Å². The van der Waals surface area contributed by atoms with E-state index in [9.17, 15) is 22.4 Å². The molecule has 2 N–H and O–H groups in total. The maximum atomic E-state index is 13.8. The molecule has 1 aromatic rings. The van der Waals surface area contributed by atoms with Crippen LogP contribution in [0.4, 0.5) is 17.6 Å². The molecule has 120 valence electrons. The molecule has 0 bridgehead atoms. The number of nitrogens with two attached hydrogens (primary N) is 1. The first kappa shape index (κ1) is 19.5. The van der Waals surface area contributed by atoms with Gasteiger partial charge in [-0.05, 0) is 13.0 Å². The van der Waals surface area contributed by atoms with Crippen molar-refractivity contribution in [2.75, 3.05) is 6.61 Å². The summed E-state index contributed by atoms with van der Waals surface area (Å²) in [6, 6.07) is 2.61. The predicted octanol–water partition coefficient (Wildman–Crippen LogP) is 2.91. The molecule has 0 saturated heterocycles. The van der Waals surface area contributed by atoms with Crippen LogP contribution in [-0.2, 0) is 9.53 Å². The summed E-state index contributed by atoms with van der Waals surface area (Å²) in [5.74, 6) is -6.39. The van der Waals surface area contributed by atoms with Crippen molar-refractivity contribution in [1.82, 2.24) is 0 Å². The summed E-state index contributed by atoms with van der Waals surface area (Å²) in [4.78, 5) is 11.2. The normalized spacial score (nSPS) is 12.5. The summed E-state index contributed by atoms with van der Waals surface area (Å²) >= 11 is 0. The van der Waals surface area contributed by atoms with Gasteiger partial charge in [-0.1, -0.05) is 18.2 Å². The van der Waals surface area contributed by atoms with Crippen molar-refractivity contribution in [3.63, 3.8) is 0 Å². The largest absolute Gasteiger partial charge is 0.462 e. The molecule has 21 heavy (non-hydrogen) atoms. The van der Waals surface area contributed by atoms with Crippen LogP contribution in [0.15, 0.2) is 24.3 Å². The van der Waals surface area contributed by atoms with Crippen LogP contribution in [-0.4, -0.2) is 25.1 Å². The van der Waals surface area contributed by atoms with Crippen LogP contribution < -0.4 is 10.5 Å². The number of para-hydroxylation sites is 1. The molecule has 1 rings (SSSR count). The van der Waals surface area contributed by atoms with Crippen LogP contribution in [0.1, 0.15) is 18.5 Å². The van der Waals surface area contributed by atoms with Crippen LogP contribution in [0, 0.1) is 0 Å². The standard InChI is InChI=1S/C12H13F4NO3.ClH/c1-2-19-10(18)12(15,16)9(17)7-5-3-4-6-8(7)20-11(13)14;/h3-6,9,11H,2,17H2,1H3;1H/t9-;/m0./s1. The van der Waals surface area contributed by atoms with Gasteiger partial charge in [0, 0.05) is 5.56 Å². The van der Waals surface area contributed by atoms with E-state index in [2.05, 4.69) is 9.47 Å². The molecular formula is C12H14ClF4NO3. The number of halogens is 5. The number of rotatable bonds is 6. The van der Waals surface area contributed by atoms with E-state index in [1.807, 2.05) is 0 Å². The molecular weight excluding hydrogens is 318 g/mol. The second kappa shape index (κ2) is 8.04. The third-order valence-corrected chi connectivity index (χ3v) is 2.41. The maximum Gasteiger partial charge on any atom is 0.387 e. The molecule has 0 spiro atoms. The highest BCUT2D eigenvalue weighted by Crippen LogP contribution is 2.35. The lowest BCUT2D eigenvalue weighted by Gasteiger charge is -2.23. The number of hydrogen-bond acceptors (Lipinski definition) is 4. The van der Waals surface area contributed by atoms with Crippen molar-refractivity contribution in [2.45, 2.75) is 25.5 Å². The number of esters is 1. The van der Waals surface area contributed by atoms with Crippen LogP contribution >= 0.6 is 12.4 Å². The molecule has 0 heterocycles. The monoisotopic (exact) mass is 331 g/mol. The molecule has 0 aliphatic rings.